The van der Waals surface area contributed by atoms with Crippen LogP contribution in [0.5, 0.6) is 0 Å². The van der Waals surface area contributed by atoms with Gasteiger partial charge in [0.1, 0.15) is 6.17 Å². The third-order valence-electron chi connectivity index (χ3n) is 3.97. The zero-order valence-electron chi connectivity index (χ0n) is 11.9. The number of nitrogens with zero attached hydrogens (tertiary/aromatic N) is 4. The number of amides is 1. The first-order chi connectivity index (χ1) is 9.38. The van der Waals surface area contributed by atoms with E-state index in [1.165, 1.54) is 0 Å². The van der Waals surface area contributed by atoms with Crippen LogP contribution in [0.4, 0.5) is 0 Å². The molecule has 0 spiro atoms. The fraction of sp³-hybridized carbons (Fsp3) is 0.750. The second kappa shape index (κ2) is 5.43. The SMILES string of the molecule is CCC(C)(C)C(=O)C(=O)N1CCC[C@@H]1n1[nH]nnc1=S. The number of hydrogen-bond acceptors (Lipinski definition) is 5. The third-order valence-corrected chi connectivity index (χ3v) is 4.25. The van der Waals surface area contributed by atoms with Gasteiger partial charge in [0.2, 0.25) is 10.6 Å². The molecule has 1 aromatic heterocycles. The zero-order valence-corrected chi connectivity index (χ0v) is 12.7. The highest BCUT2D eigenvalue weighted by molar-refractivity contribution is 7.71. The van der Waals surface area contributed by atoms with Crippen molar-refractivity contribution in [3.8, 4) is 0 Å². The number of nitrogens with one attached hydrogen (secondary N) is 1. The summed E-state index contributed by atoms with van der Waals surface area (Å²) < 4.78 is 1.85. The Bertz CT molecular complexity index is 576. The van der Waals surface area contributed by atoms with Crippen LogP contribution in [-0.2, 0) is 9.59 Å². The van der Waals surface area contributed by atoms with E-state index >= 15 is 0 Å². The zero-order chi connectivity index (χ0) is 14.9. The lowest BCUT2D eigenvalue weighted by Crippen LogP contribution is -2.43. The maximum atomic E-state index is 12.4. The number of likely N-dealkylation sites (tertiary alicyclic amines) is 1. The molecule has 0 aromatic carbocycles. The van der Waals surface area contributed by atoms with E-state index < -0.39 is 11.3 Å². The first kappa shape index (κ1) is 14.8. The van der Waals surface area contributed by atoms with Crippen molar-refractivity contribution in [1.82, 2.24) is 25.1 Å². The van der Waals surface area contributed by atoms with Gasteiger partial charge in [-0.05, 0) is 31.5 Å². The quantitative estimate of drug-likeness (QED) is 0.672. The number of carbonyl (C=O) groups is 2. The van der Waals surface area contributed by atoms with Gasteiger partial charge in [-0.15, -0.1) is 0 Å². The number of aromatic amines is 1. The fourth-order valence-corrected chi connectivity index (χ4v) is 2.44. The smallest absolute Gasteiger partial charge is 0.292 e. The molecule has 1 atom stereocenters. The number of carbonyl (C=O) groups excluding carboxylic acids is 2. The predicted molar refractivity (Wildman–Crippen MR) is 74.3 cm³/mol. The van der Waals surface area contributed by atoms with E-state index in [9.17, 15) is 9.59 Å². The summed E-state index contributed by atoms with van der Waals surface area (Å²) in [4.78, 5) is 26.3. The Morgan fingerprint density at radius 1 is 1.50 bits per heavy atom. The highest BCUT2D eigenvalue weighted by Crippen LogP contribution is 2.29. The largest absolute Gasteiger partial charge is 0.314 e. The van der Waals surface area contributed by atoms with E-state index in [0.717, 1.165) is 12.8 Å². The molecule has 1 aliphatic rings. The summed E-state index contributed by atoms with van der Waals surface area (Å²) in [6.45, 7) is 6.04. The van der Waals surface area contributed by atoms with Gasteiger partial charge in [-0.3, -0.25) is 9.59 Å². The van der Waals surface area contributed by atoms with E-state index in [1.807, 2.05) is 6.92 Å². The Balaban J connectivity index is 2.24. The van der Waals surface area contributed by atoms with Crippen LogP contribution >= 0.6 is 12.2 Å². The van der Waals surface area contributed by atoms with Gasteiger partial charge in [-0.1, -0.05) is 31.1 Å². The van der Waals surface area contributed by atoms with Crippen LogP contribution in [0.2, 0.25) is 0 Å². The minimum Gasteiger partial charge on any atom is -0.314 e. The molecule has 0 saturated carbocycles. The van der Waals surface area contributed by atoms with Crippen LogP contribution in [0.25, 0.3) is 0 Å². The summed E-state index contributed by atoms with van der Waals surface area (Å²) in [6, 6.07) is 0. The Morgan fingerprint density at radius 3 is 2.75 bits per heavy atom. The van der Waals surface area contributed by atoms with Gasteiger partial charge in [0.25, 0.3) is 5.91 Å². The summed E-state index contributed by atoms with van der Waals surface area (Å²) in [5, 5.41) is 10.0. The van der Waals surface area contributed by atoms with Crippen LogP contribution in [-0.4, -0.2) is 43.3 Å². The molecule has 2 heterocycles. The first-order valence-corrected chi connectivity index (χ1v) is 7.14. The van der Waals surface area contributed by atoms with Crippen LogP contribution < -0.4 is 0 Å². The summed E-state index contributed by atoms with van der Waals surface area (Å²) >= 11 is 5.06. The minimum absolute atomic E-state index is 0.289. The van der Waals surface area contributed by atoms with Crippen molar-refractivity contribution in [1.29, 1.82) is 0 Å². The average molecular weight is 297 g/mol. The number of ketones is 1. The van der Waals surface area contributed by atoms with E-state index in [0.29, 0.717) is 13.0 Å². The van der Waals surface area contributed by atoms with Gasteiger partial charge in [0.15, 0.2) is 0 Å². The maximum Gasteiger partial charge on any atom is 0.292 e. The molecule has 1 aromatic rings. The molecule has 1 aliphatic heterocycles. The van der Waals surface area contributed by atoms with Crippen molar-refractivity contribution in [3.63, 3.8) is 0 Å². The topological polar surface area (TPSA) is 83.9 Å². The average Bonchev–Trinajstić information content (AvgIpc) is 3.04. The lowest BCUT2D eigenvalue weighted by molar-refractivity contribution is -0.151. The molecule has 2 rings (SSSR count). The second-order valence-electron chi connectivity index (χ2n) is 5.64. The van der Waals surface area contributed by atoms with Crippen LogP contribution in [0, 0.1) is 10.2 Å². The molecule has 20 heavy (non-hydrogen) atoms. The predicted octanol–water partition coefficient (Wildman–Crippen LogP) is 1.46. The van der Waals surface area contributed by atoms with Gasteiger partial charge in [0.05, 0.1) is 0 Å². The molecule has 0 aliphatic carbocycles. The van der Waals surface area contributed by atoms with Crippen LogP contribution in [0.1, 0.15) is 46.2 Å². The van der Waals surface area contributed by atoms with E-state index in [4.69, 9.17) is 12.2 Å². The van der Waals surface area contributed by atoms with Crippen molar-refractivity contribution in [2.24, 2.45) is 5.41 Å². The number of H-pyrrole nitrogens is 1. The Labute approximate surface area is 122 Å². The van der Waals surface area contributed by atoms with Gasteiger partial charge in [0, 0.05) is 12.0 Å². The second-order valence-corrected chi connectivity index (χ2v) is 6.01. The van der Waals surface area contributed by atoms with Crippen molar-refractivity contribution in [2.75, 3.05) is 6.54 Å². The highest BCUT2D eigenvalue weighted by Gasteiger charge is 2.39. The third kappa shape index (κ3) is 2.52. The minimum atomic E-state index is -0.641. The number of rotatable bonds is 4. The van der Waals surface area contributed by atoms with Crippen molar-refractivity contribution >= 4 is 23.9 Å². The Kier molecular flexibility index (Phi) is 4.03. The molecule has 7 nitrogen and oxygen atoms in total. The lowest BCUT2D eigenvalue weighted by atomic mass is 9.84. The molecule has 0 radical (unpaired) electrons. The molecule has 1 fully saturated rings. The Morgan fingerprint density at radius 2 is 2.20 bits per heavy atom. The van der Waals surface area contributed by atoms with E-state index in [1.54, 1.807) is 23.4 Å². The highest BCUT2D eigenvalue weighted by atomic mass is 32.1. The summed E-state index contributed by atoms with van der Waals surface area (Å²) in [5.41, 5.74) is -0.641. The number of hydrogen-bond donors (Lipinski definition) is 1. The monoisotopic (exact) mass is 297 g/mol. The molecule has 110 valence electrons. The first-order valence-electron chi connectivity index (χ1n) is 6.73. The standard InChI is InChI=1S/C12H19N5O2S/c1-4-12(2,3)9(18)10(19)16-7-5-6-8(16)17-11(20)13-14-15-17/h8H,4-7H2,1-3H3,(H,13,15,20)/t8-/m0/s1. The Hall–Kier alpha value is -1.57. The van der Waals surface area contributed by atoms with Crippen molar-refractivity contribution < 1.29 is 9.59 Å². The summed E-state index contributed by atoms with van der Waals surface area (Å²) in [6.07, 6.45) is 1.91. The van der Waals surface area contributed by atoms with Crippen LogP contribution in [0.15, 0.2) is 0 Å². The molecule has 0 unspecified atom stereocenters. The summed E-state index contributed by atoms with van der Waals surface area (Å²) in [7, 11) is 0. The molecule has 8 heteroatoms. The van der Waals surface area contributed by atoms with E-state index in [-0.39, 0.29) is 16.7 Å². The van der Waals surface area contributed by atoms with Gasteiger partial charge >= 0.3 is 0 Å². The number of Topliss-reactive ketones (excluding diaryl/α,β-unsaturated/α-hetero) is 1. The molecular formula is C12H19N5O2S. The molecular weight excluding hydrogens is 278 g/mol. The number of aromatic nitrogens is 4. The van der Waals surface area contributed by atoms with Crippen molar-refractivity contribution in [2.45, 2.75) is 46.2 Å². The number of tetrazole rings is 1. The molecule has 1 N–H and O–H groups in total. The maximum absolute atomic E-state index is 12.4. The van der Waals surface area contributed by atoms with Gasteiger partial charge in [-0.25, -0.2) is 4.68 Å². The van der Waals surface area contributed by atoms with E-state index in [2.05, 4.69) is 15.5 Å². The van der Waals surface area contributed by atoms with Gasteiger partial charge < -0.3 is 4.90 Å². The molecule has 0 bridgehead atoms. The fourth-order valence-electron chi connectivity index (χ4n) is 2.23. The molecule has 1 saturated heterocycles. The van der Waals surface area contributed by atoms with Gasteiger partial charge in [-0.2, -0.15) is 5.21 Å². The van der Waals surface area contributed by atoms with Crippen LogP contribution in [0.3, 0.4) is 0 Å². The lowest BCUT2D eigenvalue weighted by Gasteiger charge is -2.28. The van der Waals surface area contributed by atoms with Crippen molar-refractivity contribution in [3.05, 3.63) is 4.77 Å². The summed E-state index contributed by atoms with van der Waals surface area (Å²) in [5.74, 6) is -0.804. The molecule has 1 amide bonds. The normalized spacial score (nSPS) is 19.4.